The van der Waals surface area contributed by atoms with Crippen molar-refractivity contribution < 1.29 is 8.42 Å². The van der Waals surface area contributed by atoms with Crippen LogP contribution in [0.15, 0.2) is 22.7 Å². The van der Waals surface area contributed by atoms with Gasteiger partial charge in [0.1, 0.15) is 9.84 Å². The molecule has 0 bridgehead atoms. The fourth-order valence-corrected chi connectivity index (χ4v) is 4.59. The Labute approximate surface area is 133 Å². The number of hydrogen-bond donors (Lipinski definition) is 1. The van der Waals surface area contributed by atoms with Gasteiger partial charge in [-0.25, -0.2) is 8.42 Å². The quantitative estimate of drug-likeness (QED) is 0.869. The van der Waals surface area contributed by atoms with Crippen LogP contribution >= 0.6 is 27.5 Å². The SMILES string of the molecule is CS(=O)(=O)C1CCCC(C(N)c2ccc(Cl)c(Br)c2)C1. The number of halogens is 2. The monoisotopic (exact) mass is 379 g/mol. The van der Waals surface area contributed by atoms with Crippen molar-refractivity contribution in [3.8, 4) is 0 Å². The molecule has 3 nitrogen and oxygen atoms in total. The van der Waals surface area contributed by atoms with E-state index in [-0.39, 0.29) is 17.2 Å². The molecule has 0 saturated heterocycles. The molecule has 0 aromatic heterocycles. The van der Waals surface area contributed by atoms with Crippen LogP contribution in [0.25, 0.3) is 0 Å². The van der Waals surface area contributed by atoms with Gasteiger partial charge in [0.05, 0.1) is 10.3 Å². The summed E-state index contributed by atoms with van der Waals surface area (Å²) >= 11 is 9.39. The second-order valence-corrected chi connectivity index (χ2v) is 9.16. The number of rotatable bonds is 3. The normalized spacial score (nSPS) is 25.4. The second-order valence-electron chi connectivity index (χ2n) is 5.58. The molecule has 0 aliphatic heterocycles. The molecular formula is C14H19BrClNO2S. The van der Waals surface area contributed by atoms with E-state index < -0.39 is 9.84 Å². The Morgan fingerprint density at radius 1 is 1.40 bits per heavy atom. The van der Waals surface area contributed by atoms with Gasteiger partial charge in [0.15, 0.2) is 0 Å². The average molecular weight is 381 g/mol. The van der Waals surface area contributed by atoms with Gasteiger partial charge in [0.2, 0.25) is 0 Å². The summed E-state index contributed by atoms with van der Waals surface area (Å²) in [6.45, 7) is 0. The van der Waals surface area contributed by atoms with Crippen molar-refractivity contribution in [1.82, 2.24) is 0 Å². The summed E-state index contributed by atoms with van der Waals surface area (Å²) in [5.41, 5.74) is 7.34. The maximum atomic E-state index is 11.7. The third-order valence-corrected chi connectivity index (χ3v) is 6.96. The van der Waals surface area contributed by atoms with Crippen LogP contribution in [-0.2, 0) is 9.84 Å². The van der Waals surface area contributed by atoms with E-state index in [1.165, 1.54) is 6.26 Å². The molecule has 1 saturated carbocycles. The van der Waals surface area contributed by atoms with E-state index in [1.807, 2.05) is 18.2 Å². The van der Waals surface area contributed by atoms with Crippen molar-refractivity contribution >= 4 is 37.4 Å². The molecule has 2 N–H and O–H groups in total. The first-order chi connectivity index (χ1) is 9.29. The van der Waals surface area contributed by atoms with Crippen LogP contribution in [0, 0.1) is 5.92 Å². The number of hydrogen-bond acceptors (Lipinski definition) is 3. The first-order valence-electron chi connectivity index (χ1n) is 6.68. The highest BCUT2D eigenvalue weighted by atomic mass is 79.9. The molecule has 0 radical (unpaired) electrons. The van der Waals surface area contributed by atoms with E-state index >= 15 is 0 Å². The molecule has 2 rings (SSSR count). The van der Waals surface area contributed by atoms with E-state index in [4.69, 9.17) is 17.3 Å². The lowest BCUT2D eigenvalue weighted by molar-refractivity contribution is 0.309. The lowest BCUT2D eigenvalue weighted by atomic mass is 9.81. The van der Waals surface area contributed by atoms with Crippen LogP contribution in [0.5, 0.6) is 0 Å². The topological polar surface area (TPSA) is 60.2 Å². The molecule has 6 heteroatoms. The van der Waals surface area contributed by atoms with Crippen molar-refractivity contribution in [3.63, 3.8) is 0 Å². The van der Waals surface area contributed by atoms with Gasteiger partial charge < -0.3 is 5.73 Å². The lowest BCUT2D eigenvalue weighted by Crippen LogP contribution is -2.32. The Hall–Kier alpha value is -0.100. The molecule has 3 atom stereocenters. The molecule has 0 spiro atoms. The Bertz CT molecular complexity index is 591. The first-order valence-corrected chi connectivity index (χ1v) is 9.81. The molecule has 3 unspecified atom stereocenters. The Morgan fingerprint density at radius 2 is 2.10 bits per heavy atom. The average Bonchev–Trinajstić information content (AvgIpc) is 2.40. The van der Waals surface area contributed by atoms with Gasteiger partial charge in [0.25, 0.3) is 0 Å². The summed E-state index contributed by atoms with van der Waals surface area (Å²) in [5, 5.41) is 0.404. The van der Waals surface area contributed by atoms with E-state index in [0.29, 0.717) is 11.4 Å². The minimum atomic E-state index is -2.98. The zero-order valence-electron chi connectivity index (χ0n) is 11.4. The van der Waals surface area contributed by atoms with Crippen molar-refractivity contribution in [1.29, 1.82) is 0 Å². The molecule has 112 valence electrons. The minimum Gasteiger partial charge on any atom is -0.324 e. The van der Waals surface area contributed by atoms with Crippen molar-refractivity contribution in [2.45, 2.75) is 37.0 Å². The van der Waals surface area contributed by atoms with Crippen LogP contribution in [0.2, 0.25) is 5.02 Å². The van der Waals surface area contributed by atoms with Crippen molar-refractivity contribution in [2.24, 2.45) is 11.7 Å². The van der Waals surface area contributed by atoms with Crippen LogP contribution in [0.4, 0.5) is 0 Å². The third-order valence-electron chi connectivity index (χ3n) is 4.11. The highest BCUT2D eigenvalue weighted by Crippen LogP contribution is 2.37. The predicted molar refractivity (Wildman–Crippen MR) is 86.7 cm³/mol. The van der Waals surface area contributed by atoms with Gasteiger partial charge >= 0.3 is 0 Å². The highest BCUT2D eigenvalue weighted by Gasteiger charge is 2.32. The Balaban J connectivity index is 2.16. The number of benzene rings is 1. The van der Waals surface area contributed by atoms with Gasteiger partial charge in [-0.1, -0.05) is 24.1 Å². The van der Waals surface area contributed by atoms with E-state index in [2.05, 4.69) is 15.9 Å². The standard InChI is InChI=1S/C14H19BrClNO2S/c1-20(18,19)11-4-2-3-9(7-11)14(17)10-5-6-13(16)12(15)8-10/h5-6,8-9,11,14H,2-4,7,17H2,1H3. The molecule has 1 fully saturated rings. The third kappa shape index (κ3) is 3.75. The van der Waals surface area contributed by atoms with Crippen LogP contribution < -0.4 is 5.73 Å². The smallest absolute Gasteiger partial charge is 0.150 e. The zero-order valence-corrected chi connectivity index (χ0v) is 14.5. The predicted octanol–water partition coefficient (Wildman–Crippen LogP) is 3.71. The summed E-state index contributed by atoms with van der Waals surface area (Å²) in [5.74, 6) is 0.205. The van der Waals surface area contributed by atoms with Gasteiger partial charge in [0, 0.05) is 16.8 Å². The molecule has 1 aliphatic rings. The fourth-order valence-electron chi connectivity index (χ4n) is 2.89. The maximum absolute atomic E-state index is 11.7. The minimum absolute atomic E-state index is 0.145. The summed E-state index contributed by atoms with van der Waals surface area (Å²) < 4.78 is 24.3. The summed E-state index contributed by atoms with van der Waals surface area (Å²) in [6, 6.07) is 5.52. The molecule has 1 aliphatic carbocycles. The molecule has 20 heavy (non-hydrogen) atoms. The fraction of sp³-hybridized carbons (Fsp3) is 0.571. The van der Waals surface area contributed by atoms with Crippen molar-refractivity contribution in [2.75, 3.05) is 6.26 Å². The zero-order chi connectivity index (χ0) is 14.9. The summed E-state index contributed by atoms with van der Waals surface area (Å²) in [6.07, 6.45) is 4.63. The number of sulfone groups is 1. The molecule has 0 heterocycles. The van der Waals surface area contributed by atoms with Crippen molar-refractivity contribution in [3.05, 3.63) is 33.3 Å². The van der Waals surface area contributed by atoms with Crippen LogP contribution in [-0.4, -0.2) is 19.9 Å². The summed E-state index contributed by atoms with van der Waals surface area (Å²) in [4.78, 5) is 0. The van der Waals surface area contributed by atoms with Gasteiger partial charge in [-0.15, -0.1) is 0 Å². The van der Waals surface area contributed by atoms with Gasteiger partial charge in [-0.2, -0.15) is 0 Å². The Kier molecular flexibility index (Phi) is 5.16. The van der Waals surface area contributed by atoms with E-state index in [1.54, 1.807) is 0 Å². The molecule has 0 amide bonds. The summed E-state index contributed by atoms with van der Waals surface area (Å²) in [7, 11) is -2.98. The second kappa shape index (κ2) is 6.34. The molecule has 1 aromatic carbocycles. The van der Waals surface area contributed by atoms with Crippen LogP contribution in [0.3, 0.4) is 0 Å². The Morgan fingerprint density at radius 3 is 2.70 bits per heavy atom. The lowest BCUT2D eigenvalue weighted by Gasteiger charge is -2.32. The van der Waals surface area contributed by atoms with Crippen LogP contribution in [0.1, 0.15) is 37.3 Å². The van der Waals surface area contributed by atoms with E-state index in [9.17, 15) is 8.42 Å². The maximum Gasteiger partial charge on any atom is 0.150 e. The first kappa shape index (κ1) is 16.3. The molecule has 1 aromatic rings. The van der Waals surface area contributed by atoms with Gasteiger partial charge in [-0.05, 0) is 58.8 Å². The largest absolute Gasteiger partial charge is 0.324 e. The van der Waals surface area contributed by atoms with Gasteiger partial charge in [-0.3, -0.25) is 0 Å². The number of nitrogens with two attached hydrogens (primary N) is 1. The van der Waals surface area contributed by atoms with E-state index in [0.717, 1.165) is 29.3 Å². The molecular weight excluding hydrogens is 362 g/mol. The highest BCUT2D eigenvalue weighted by molar-refractivity contribution is 9.10.